The van der Waals surface area contributed by atoms with Crippen LogP contribution in [0.25, 0.3) is 22.4 Å². The fourth-order valence-corrected chi connectivity index (χ4v) is 3.20. The summed E-state index contributed by atoms with van der Waals surface area (Å²) in [7, 11) is 1.92. The molecular formula is C19H21N5O2. The lowest BCUT2D eigenvalue weighted by molar-refractivity contribution is -0.119. The Morgan fingerprint density at radius 3 is 2.85 bits per heavy atom. The zero-order chi connectivity index (χ0) is 18.3. The normalized spacial score (nSPS) is 18.1. The van der Waals surface area contributed by atoms with E-state index in [0.717, 1.165) is 28.0 Å². The summed E-state index contributed by atoms with van der Waals surface area (Å²) < 4.78 is 8.09. The second-order valence-electron chi connectivity index (χ2n) is 6.85. The first-order valence-electron chi connectivity index (χ1n) is 8.69. The molecule has 26 heavy (non-hydrogen) atoms. The summed E-state index contributed by atoms with van der Waals surface area (Å²) in [5.41, 5.74) is 4.24. The topological polar surface area (TPSA) is 81.9 Å². The lowest BCUT2D eigenvalue weighted by atomic mass is 10.0. The molecule has 0 spiro atoms. The summed E-state index contributed by atoms with van der Waals surface area (Å²) in [6.07, 6.45) is 3.91. The van der Waals surface area contributed by atoms with Gasteiger partial charge in [-0.3, -0.25) is 9.78 Å². The van der Waals surface area contributed by atoms with Crippen LogP contribution in [0.2, 0.25) is 0 Å². The first kappa shape index (κ1) is 16.5. The number of carbonyl (C=O) groups is 1. The lowest BCUT2D eigenvalue weighted by Crippen LogP contribution is -2.26. The molecule has 1 amide bonds. The fourth-order valence-electron chi connectivity index (χ4n) is 3.20. The highest BCUT2D eigenvalue weighted by atomic mass is 16.5. The van der Waals surface area contributed by atoms with Crippen LogP contribution in [-0.4, -0.2) is 38.1 Å². The van der Waals surface area contributed by atoms with Gasteiger partial charge in [0, 0.05) is 32.1 Å². The average Bonchev–Trinajstić information content (AvgIpc) is 3.22. The molecule has 1 aliphatic rings. The number of ether oxygens (including phenoxy) is 1. The lowest BCUT2D eigenvalue weighted by Gasteiger charge is -2.20. The Morgan fingerprint density at radius 2 is 2.15 bits per heavy atom. The van der Waals surface area contributed by atoms with Gasteiger partial charge in [0.2, 0.25) is 11.8 Å². The van der Waals surface area contributed by atoms with Crippen molar-refractivity contribution >= 4 is 16.9 Å². The predicted molar refractivity (Wildman–Crippen MR) is 97.7 cm³/mol. The highest BCUT2D eigenvalue weighted by molar-refractivity contribution is 5.84. The maximum absolute atomic E-state index is 11.5. The third-order valence-corrected chi connectivity index (χ3v) is 4.81. The van der Waals surface area contributed by atoms with Crippen molar-refractivity contribution in [1.82, 2.24) is 24.8 Å². The molecule has 134 valence electrons. The van der Waals surface area contributed by atoms with Gasteiger partial charge < -0.3 is 14.6 Å². The van der Waals surface area contributed by atoms with Crippen LogP contribution in [0, 0.1) is 12.8 Å². The van der Waals surface area contributed by atoms with E-state index in [0.29, 0.717) is 18.8 Å². The van der Waals surface area contributed by atoms with E-state index in [-0.39, 0.29) is 17.9 Å². The molecule has 1 aliphatic heterocycles. The molecule has 7 nitrogen and oxygen atoms in total. The zero-order valence-electron chi connectivity index (χ0n) is 15.1. The van der Waals surface area contributed by atoms with Crippen molar-refractivity contribution in [2.24, 2.45) is 13.0 Å². The molecule has 0 aromatic carbocycles. The van der Waals surface area contributed by atoms with Crippen LogP contribution in [0.15, 0.2) is 30.7 Å². The molecule has 3 aromatic heterocycles. The Hall–Kier alpha value is -2.96. The number of amides is 1. The van der Waals surface area contributed by atoms with E-state index < -0.39 is 0 Å². The van der Waals surface area contributed by atoms with Gasteiger partial charge in [0.05, 0.1) is 23.2 Å². The van der Waals surface area contributed by atoms with E-state index in [4.69, 9.17) is 9.72 Å². The quantitative estimate of drug-likeness (QED) is 0.779. The van der Waals surface area contributed by atoms with E-state index in [1.165, 1.54) is 0 Å². The average molecular weight is 351 g/mol. The van der Waals surface area contributed by atoms with Crippen molar-refractivity contribution in [3.05, 3.63) is 36.3 Å². The van der Waals surface area contributed by atoms with Crippen molar-refractivity contribution in [2.45, 2.75) is 26.4 Å². The van der Waals surface area contributed by atoms with Crippen molar-refractivity contribution in [3.63, 3.8) is 0 Å². The molecule has 3 aromatic rings. The predicted octanol–water partition coefficient (Wildman–Crippen LogP) is 2.24. The monoisotopic (exact) mass is 351 g/mol. The van der Waals surface area contributed by atoms with Crippen LogP contribution in [0.4, 0.5) is 0 Å². The highest BCUT2D eigenvalue weighted by Gasteiger charge is 2.29. The van der Waals surface area contributed by atoms with Gasteiger partial charge in [-0.2, -0.15) is 0 Å². The van der Waals surface area contributed by atoms with Gasteiger partial charge >= 0.3 is 0 Å². The number of nitrogens with zero attached hydrogens (tertiary/aromatic N) is 4. The highest BCUT2D eigenvalue weighted by Crippen LogP contribution is 2.30. The van der Waals surface area contributed by atoms with Crippen molar-refractivity contribution < 1.29 is 9.53 Å². The zero-order valence-corrected chi connectivity index (χ0v) is 15.1. The number of nitrogens with one attached hydrogen (secondary N) is 1. The van der Waals surface area contributed by atoms with Gasteiger partial charge in [-0.25, -0.2) is 9.97 Å². The first-order chi connectivity index (χ1) is 12.5. The molecule has 1 saturated heterocycles. The minimum atomic E-state index is -0.138. The maximum atomic E-state index is 11.5. The summed E-state index contributed by atoms with van der Waals surface area (Å²) in [6, 6.07) is 5.87. The molecule has 4 heterocycles. The van der Waals surface area contributed by atoms with Gasteiger partial charge in [-0.1, -0.05) is 6.07 Å². The Labute approximate surface area is 151 Å². The summed E-state index contributed by atoms with van der Waals surface area (Å²) in [5.74, 6) is 0.724. The van der Waals surface area contributed by atoms with Crippen molar-refractivity contribution in [3.8, 4) is 17.3 Å². The summed E-state index contributed by atoms with van der Waals surface area (Å²) in [4.78, 5) is 25.1. The number of carbonyl (C=O) groups excluding carboxylic acids is 1. The Bertz CT molecular complexity index is 964. The van der Waals surface area contributed by atoms with E-state index in [1.54, 1.807) is 6.33 Å². The molecule has 0 aliphatic carbocycles. The second kappa shape index (κ2) is 6.40. The van der Waals surface area contributed by atoms with Crippen LogP contribution in [0.5, 0.6) is 5.88 Å². The minimum Gasteiger partial charge on any atom is -0.473 e. The van der Waals surface area contributed by atoms with Crippen molar-refractivity contribution in [1.29, 1.82) is 0 Å². The number of fused-ring (bicyclic) bond motifs is 1. The van der Waals surface area contributed by atoms with E-state index in [1.807, 2.05) is 49.9 Å². The minimum absolute atomic E-state index is 0.0710. The van der Waals surface area contributed by atoms with E-state index in [9.17, 15) is 4.79 Å². The van der Waals surface area contributed by atoms with Gasteiger partial charge in [0.15, 0.2) is 0 Å². The first-order valence-corrected chi connectivity index (χ1v) is 8.69. The van der Waals surface area contributed by atoms with Gasteiger partial charge in [0.1, 0.15) is 11.6 Å². The van der Waals surface area contributed by atoms with Crippen LogP contribution >= 0.6 is 0 Å². The number of rotatable bonds is 4. The molecular weight excluding hydrogens is 330 g/mol. The van der Waals surface area contributed by atoms with Crippen LogP contribution < -0.4 is 10.1 Å². The summed E-state index contributed by atoms with van der Waals surface area (Å²) in [5, 5.41) is 2.86. The Morgan fingerprint density at radius 1 is 1.31 bits per heavy atom. The molecule has 1 N–H and O–H groups in total. The summed E-state index contributed by atoms with van der Waals surface area (Å²) >= 11 is 0. The largest absolute Gasteiger partial charge is 0.473 e. The van der Waals surface area contributed by atoms with Gasteiger partial charge in [-0.05, 0) is 31.5 Å². The molecule has 0 bridgehead atoms. The van der Waals surface area contributed by atoms with E-state index in [2.05, 4.69) is 15.3 Å². The molecule has 0 saturated carbocycles. The molecule has 0 radical (unpaired) electrons. The Kier molecular flexibility index (Phi) is 4.06. The summed E-state index contributed by atoms with van der Waals surface area (Å²) in [6.45, 7) is 4.61. The molecule has 4 rings (SSSR count). The Balaban J connectivity index is 1.73. The third kappa shape index (κ3) is 3.00. The standard InChI is InChI=1S/C19H21N5O2/c1-11-4-5-14(20-8-11)15-7-16-18(24(3)10-22-16)19(23-15)26-12(2)13-6-17(25)21-9-13/h4-5,7-8,10,12-13H,6,9H2,1-3H3,(H,21,25). The second-order valence-corrected chi connectivity index (χ2v) is 6.85. The van der Waals surface area contributed by atoms with Crippen LogP contribution in [-0.2, 0) is 11.8 Å². The maximum Gasteiger partial charge on any atom is 0.241 e. The number of hydrogen-bond donors (Lipinski definition) is 1. The number of aryl methyl sites for hydroxylation is 2. The van der Waals surface area contributed by atoms with Gasteiger partial charge in [-0.15, -0.1) is 0 Å². The van der Waals surface area contributed by atoms with Crippen LogP contribution in [0.3, 0.4) is 0 Å². The fraction of sp³-hybridized carbons (Fsp3) is 0.368. The smallest absolute Gasteiger partial charge is 0.241 e. The van der Waals surface area contributed by atoms with Crippen LogP contribution in [0.1, 0.15) is 18.9 Å². The third-order valence-electron chi connectivity index (χ3n) is 4.81. The number of hydrogen-bond acceptors (Lipinski definition) is 5. The number of imidazole rings is 1. The molecule has 1 fully saturated rings. The SMILES string of the molecule is Cc1ccc(-c2cc3ncn(C)c3c(OC(C)C3CNC(=O)C3)n2)nc1. The van der Waals surface area contributed by atoms with Crippen molar-refractivity contribution in [2.75, 3.05) is 6.54 Å². The molecule has 2 atom stereocenters. The molecule has 2 unspecified atom stereocenters. The van der Waals surface area contributed by atoms with E-state index >= 15 is 0 Å². The number of pyridine rings is 2. The molecule has 7 heteroatoms. The van der Waals surface area contributed by atoms with Gasteiger partial charge in [0.25, 0.3) is 0 Å². The number of aromatic nitrogens is 4.